The average molecular weight is 320 g/mol. The van der Waals surface area contributed by atoms with Crippen LogP contribution in [0.15, 0.2) is 36.5 Å². The van der Waals surface area contributed by atoms with E-state index in [1.807, 2.05) is 43.5 Å². The Morgan fingerprint density at radius 1 is 1.27 bits per heavy atom. The number of nitrogen functional groups attached to an aromatic ring is 1. The number of nitrogens with two attached hydrogens (primary N) is 1. The lowest BCUT2D eigenvalue weighted by atomic mass is 10.2. The fourth-order valence-electron chi connectivity index (χ4n) is 1.79. The fraction of sp³-hybridized carbons (Fsp3) is 0.214. The number of hydrogen-bond donors (Lipinski definition) is 1. The molecule has 0 aliphatic heterocycles. The highest BCUT2D eigenvalue weighted by molar-refractivity contribution is 7.85. The Balaban J connectivity index is 0.000000254. The van der Waals surface area contributed by atoms with Crippen molar-refractivity contribution in [3.05, 3.63) is 42.2 Å². The average Bonchev–Trinajstić information content (AvgIpc) is 2.48. The molecule has 2 heterocycles. The number of pyridine rings is 1. The van der Waals surface area contributed by atoms with Crippen LogP contribution >= 0.6 is 0 Å². The molecule has 2 N–H and O–H groups in total. The van der Waals surface area contributed by atoms with Crippen molar-refractivity contribution in [3.63, 3.8) is 0 Å². The lowest BCUT2D eigenvalue weighted by Crippen LogP contribution is -2.29. The molecule has 0 bridgehead atoms. The first-order valence-electron chi connectivity index (χ1n) is 6.59. The van der Waals surface area contributed by atoms with Crippen molar-refractivity contribution in [2.75, 3.05) is 11.5 Å². The molecule has 0 spiro atoms. The number of benzene rings is 1. The highest BCUT2D eigenvalue weighted by atomic mass is 32.2. The Hall–Kier alpha value is -2.32. The Labute approximate surface area is 128 Å². The van der Waals surface area contributed by atoms with Gasteiger partial charge in [0, 0.05) is 5.75 Å². The van der Waals surface area contributed by atoms with Crippen LogP contribution in [0, 0.1) is 6.92 Å². The summed E-state index contributed by atoms with van der Waals surface area (Å²) in [4.78, 5) is 4.38. The van der Waals surface area contributed by atoms with Crippen LogP contribution in [0.3, 0.4) is 0 Å². The molecular formula is C14H16N4O3S. The number of anilines is 1. The van der Waals surface area contributed by atoms with Gasteiger partial charge < -0.3 is 10.3 Å². The molecule has 3 rings (SSSR count). The van der Waals surface area contributed by atoms with Crippen LogP contribution in [0.5, 0.6) is 0 Å². The maximum Gasteiger partial charge on any atom is 0.358 e. The van der Waals surface area contributed by atoms with Gasteiger partial charge in [-0.3, -0.25) is 0 Å². The molecule has 0 atom stereocenters. The Bertz CT molecular complexity index is 926. The van der Waals surface area contributed by atoms with Crippen molar-refractivity contribution in [1.29, 1.82) is 0 Å². The molecule has 0 unspecified atom stereocenters. The topological polar surface area (TPSA) is 113 Å². The van der Waals surface area contributed by atoms with E-state index < -0.39 is 10.1 Å². The van der Waals surface area contributed by atoms with E-state index in [4.69, 9.17) is 5.73 Å². The van der Waals surface area contributed by atoms with Crippen LogP contribution in [0.2, 0.25) is 0 Å². The SMILES string of the molecule is CCS(=O)(=O)[O-].Cc1n[n+]2ccc3ccccc3c2nc1N. The van der Waals surface area contributed by atoms with Crippen molar-refractivity contribution < 1.29 is 17.5 Å². The van der Waals surface area contributed by atoms with E-state index in [0.717, 1.165) is 22.1 Å². The second-order valence-electron chi connectivity index (χ2n) is 4.60. The summed E-state index contributed by atoms with van der Waals surface area (Å²) in [5, 5.41) is 6.55. The van der Waals surface area contributed by atoms with Gasteiger partial charge in [-0.1, -0.05) is 30.2 Å². The molecule has 2 aromatic heterocycles. The molecule has 116 valence electrons. The summed E-state index contributed by atoms with van der Waals surface area (Å²) in [7, 11) is -3.91. The highest BCUT2D eigenvalue weighted by Gasteiger charge is 2.13. The third-order valence-electron chi connectivity index (χ3n) is 3.02. The maximum absolute atomic E-state index is 9.44. The smallest absolute Gasteiger partial charge is 0.358 e. The predicted molar refractivity (Wildman–Crippen MR) is 82.1 cm³/mol. The van der Waals surface area contributed by atoms with Crippen molar-refractivity contribution in [1.82, 2.24) is 10.1 Å². The van der Waals surface area contributed by atoms with E-state index in [2.05, 4.69) is 10.1 Å². The number of rotatable bonds is 1. The summed E-state index contributed by atoms with van der Waals surface area (Å²) < 4.78 is 30.1. The zero-order chi connectivity index (χ0) is 16.3. The van der Waals surface area contributed by atoms with E-state index in [-0.39, 0.29) is 5.75 Å². The van der Waals surface area contributed by atoms with Gasteiger partial charge in [-0.25, -0.2) is 8.42 Å². The third-order valence-corrected chi connectivity index (χ3v) is 3.73. The zero-order valence-electron chi connectivity index (χ0n) is 12.2. The second kappa shape index (κ2) is 6.20. The zero-order valence-corrected chi connectivity index (χ0v) is 13.0. The second-order valence-corrected chi connectivity index (χ2v) is 6.29. The highest BCUT2D eigenvalue weighted by Crippen LogP contribution is 2.15. The van der Waals surface area contributed by atoms with Gasteiger partial charge in [-0.15, -0.1) is 4.52 Å². The monoisotopic (exact) mass is 320 g/mol. The number of hydrogen-bond acceptors (Lipinski definition) is 6. The molecule has 7 nitrogen and oxygen atoms in total. The van der Waals surface area contributed by atoms with Gasteiger partial charge in [0.15, 0.2) is 0 Å². The molecule has 0 saturated heterocycles. The minimum atomic E-state index is -3.91. The van der Waals surface area contributed by atoms with Crippen molar-refractivity contribution in [3.8, 4) is 0 Å². The molecule has 0 aliphatic carbocycles. The number of aromatic nitrogens is 3. The van der Waals surface area contributed by atoms with Crippen LogP contribution < -0.4 is 10.2 Å². The normalized spacial score (nSPS) is 11.2. The van der Waals surface area contributed by atoms with Gasteiger partial charge >= 0.3 is 5.65 Å². The molecule has 3 aromatic rings. The largest absolute Gasteiger partial charge is 0.748 e. The number of fused-ring (bicyclic) bond motifs is 3. The van der Waals surface area contributed by atoms with Crippen LogP contribution in [-0.4, -0.2) is 28.8 Å². The predicted octanol–water partition coefficient (Wildman–Crippen LogP) is 0.811. The van der Waals surface area contributed by atoms with Crippen LogP contribution in [-0.2, 0) is 10.1 Å². The molecular weight excluding hydrogens is 304 g/mol. The molecule has 0 aliphatic rings. The fourth-order valence-corrected chi connectivity index (χ4v) is 1.79. The summed E-state index contributed by atoms with van der Waals surface area (Å²) in [5.41, 5.74) is 7.33. The van der Waals surface area contributed by atoms with E-state index in [1.54, 1.807) is 4.52 Å². The molecule has 0 fully saturated rings. The molecule has 8 heteroatoms. The van der Waals surface area contributed by atoms with Crippen LogP contribution in [0.1, 0.15) is 12.6 Å². The Kier molecular flexibility index (Phi) is 4.53. The first-order chi connectivity index (χ1) is 10.3. The van der Waals surface area contributed by atoms with Gasteiger partial charge in [0.25, 0.3) is 5.82 Å². The number of aryl methyl sites for hydroxylation is 1. The maximum atomic E-state index is 9.44. The lowest BCUT2D eigenvalue weighted by Gasteiger charge is -1.98. The molecule has 0 amide bonds. The van der Waals surface area contributed by atoms with E-state index in [9.17, 15) is 13.0 Å². The van der Waals surface area contributed by atoms with E-state index >= 15 is 0 Å². The standard InChI is InChI=1S/C12H10N4.C2H6O3S/c1-8-11(13)14-12-10-5-3-2-4-9(10)6-7-16(12)15-8;1-2-6(3,4)5/h2-7,13H,1H3;2H2,1H3,(H,3,4,5). The summed E-state index contributed by atoms with van der Waals surface area (Å²) in [6, 6.07) is 10.1. The van der Waals surface area contributed by atoms with Gasteiger partial charge in [-0.05, 0) is 29.4 Å². The summed E-state index contributed by atoms with van der Waals surface area (Å²) in [6.45, 7) is 3.16. The Morgan fingerprint density at radius 3 is 2.55 bits per heavy atom. The van der Waals surface area contributed by atoms with Gasteiger partial charge in [0.2, 0.25) is 0 Å². The first kappa shape index (κ1) is 16.1. The van der Waals surface area contributed by atoms with Crippen LogP contribution in [0.4, 0.5) is 5.82 Å². The van der Waals surface area contributed by atoms with Crippen molar-refractivity contribution >= 4 is 32.4 Å². The summed E-state index contributed by atoms with van der Waals surface area (Å²) >= 11 is 0. The van der Waals surface area contributed by atoms with Crippen molar-refractivity contribution in [2.45, 2.75) is 13.8 Å². The van der Waals surface area contributed by atoms with Crippen molar-refractivity contribution in [2.24, 2.45) is 0 Å². The van der Waals surface area contributed by atoms with Gasteiger partial charge in [-0.2, -0.15) is 0 Å². The molecule has 1 aromatic carbocycles. The molecule has 22 heavy (non-hydrogen) atoms. The quantitative estimate of drug-likeness (QED) is 0.403. The minimum Gasteiger partial charge on any atom is -0.748 e. The summed E-state index contributed by atoms with van der Waals surface area (Å²) in [6.07, 6.45) is 1.90. The van der Waals surface area contributed by atoms with Gasteiger partial charge in [0.05, 0.1) is 15.5 Å². The lowest BCUT2D eigenvalue weighted by molar-refractivity contribution is -0.582. The third kappa shape index (κ3) is 3.66. The molecule has 0 radical (unpaired) electrons. The number of nitrogens with zero attached hydrogens (tertiary/aromatic N) is 3. The molecule has 0 saturated carbocycles. The van der Waals surface area contributed by atoms with Gasteiger partial charge in [0.1, 0.15) is 11.9 Å². The Morgan fingerprint density at radius 2 is 1.91 bits per heavy atom. The summed E-state index contributed by atoms with van der Waals surface area (Å²) in [5.74, 6) is 0.170. The van der Waals surface area contributed by atoms with E-state index in [1.165, 1.54) is 6.92 Å². The first-order valence-corrected chi connectivity index (χ1v) is 8.16. The van der Waals surface area contributed by atoms with Crippen LogP contribution in [0.25, 0.3) is 16.4 Å². The minimum absolute atomic E-state index is 0.312. The van der Waals surface area contributed by atoms with E-state index in [0.29, 0.717) is 5.82 Å².